The first-order valence-corrected chi connectivity index (χ1v) is 14.1. The second kappa shape index (κ2) is 10.4. The third-order valence-corrected chi connectivity index (χ3v) is 7.28. The van der Waals surface area contributed by atoms with Gasteiger partial charge >= 0.3 is 0 Å². The van der Waals surface area contributed by atoms with E-state index in [0.717, 1.165) is 29.1 Å². The van der Waals surface area contributed by atoms with Crippen molar-refractivity contribution in [2.45, 2.75) is 39.0 Å². The maximum atomic E-state index is 12.6. The average Bonchev–Trinajstić information content (AvgIpc) is 3.48. The van der Waals surface area contributed by atoms with E-state index >= 15 is 0 Å². The number of ether oxygens (including phenoxy) is 1. The fourth-order valence-electron chi connectivity index (χ4n) is 3.83. The maximum absolute atomic E-state index is 12.6. The first-order chi connectivity index (χ1) is 17.0. The van der Waals surface area contributed by atoms with Crippen LogP contribution in [0.4, 0.5) is 10.9 Å². The molecule has 0 spiro atoms. The minimum absolute atomic E-state index is 0.113. The van der Waals surface area contributed by atoms with E-state index in [1.165, 1.54) is 36.7 Å². The second-order valence-corrected chi connectivity index (χ2v) is 11.5. The quantitative estimate of drug-likeness (QED) is 0.473. The predicted molar refractivity (Wildman–Crippen MR) is 138 cm³/mol. The highest BCUT2D eigenvalue weighted by Gasteiger charge is 2.24. The van der Waals surface area contributed by atoms with Crippen molar-refractivity contribution in [3.63, 3.8) is 0 Å². The van der Waals surface area contributed by atoms with Gasteiger partial charge in [0.05, 0.1) is 29.7 Å². The number of pyridine rings is 1. The van der Waals surface area contributed by atoms with E-state index in [1.54, 1.807) is 0 Å². The average molecular weight is 533 g/mol. The summed E-state index contributed by atoms with van der Waals surface area (Å²) in [5.41, 5.74) is 1.45. The molecular weight excluding hydrogens is 504 g/mol. The fourth-order valence-corrected chi connectivity index (χ4v) is 5.13. The lowest BCUT2D eigenvalue weighted by Crippen LogP contribution is -2.45. The fraction of sp³-hybridized carbons (Fsp3) is 0.391. The second-order valence-electron chi connectivity index (χ2n) is 8.76. The highest BCUT2D eigenvalue weighted by molar-refractivity contribution is 7.89. The molecule has 0 aliphatic carbocycles. The van der Waals surface area contributed by atoms with Crippen LogP contribution in [0.2, 0.25) is 0 Å². The molecule has 0 aromatic carbocycles. The number of rotatable bonds is 7. The van der Waals surface area contributed by atoms with E-state index in [9.17, 15) is 18.0 Å². The van der Waals surface area contributed by atoms with Crippen LogP contribution in [-0.2, 0) is 19.6 Å². The zero-order valence-electron chi connectivity index (χ0n) is 20.3. The number of thiazole rings is 1. The van der Waals surface area contributed by atoms with Crippen LogP contribution in [0.3, 0.4) is 0 Å². The number of amides is 2. The lowest BCUT2D eigenvalue weighted by molar-refractivity contribution is -0.117. The summed E-state index contributed by atoms with van der Waals surface area (Å²) in [6.45, 7) is 7.11. The van der Waals surface area contributed by atoms with Gasteiger partial charge in [0.1, 0.15) is 17.6 Å². The number of morpholine rings is 1. The molecule has 1 saturated heterocycles. The van der Waals surface area contributed by atoms with E-state index in [-0.39, 0.29) is 17.8 Å². The van der Waals surface area contributed by atoms with Gasteiger partial charge in [-0.25, -0.2) is 18.4 Å². The zero-order chi connectivity index (χ0) is 26.0. The van der Waals surface area contributed by atoms with Crippen LogP contribution in [0.5, 0.6) is 0 Å². The Hall–Kier alpha value is -3.29. The topological polar surface area (TPSA) is 136 Å². The molecule has 1 aliphatic heterocycles. The van der Waals surface area contributed by atoms with Gasteiger partial charge in [-0.3, -0.25) is 13.6 Å². The van der Waals surface area contributed by atoms with Crippen molar-refractivity contribution in [1.29, 1.82) is 0 Å². The lowest BCUT2D eigenvalue weighted by atomic mass is 10.2. The molecule has 2 unspecified atom stereocenters. The predicted octanol–water partition coefficient (Wildman–Crippen LogP) is 2.18. The molecule has 0 radical (unpaired) electrons. The van der Waals surface area contributed by atoms with E-state index < -0.39 is 27.9 Å². The molecule has 192 valence electrons. The van der Waals surface area contributed by atoms with Crippen molar-refractivity contribution in [3.8, 4) is 11.4 Å². The van der Waals surface area contributed by atoms with Crippen molar-refractivity contribution >= 4 is 44.1 Å². The molecule has 11 nitrogen and oxygen atoms in total. The SMILES string of the molecule is CC1CN(c2cccc(-c3csc(NC(=O)[C@H](C)NC(=O)c4ccn(S(C)(=O)=O)c4)n3)n2)CC(C)O1. The van der Waals surface area contributed by atoms with Gasteiger partial charge in [0.15, 0.2) is 5.13 Å². The maximum Gasteiger partial charge on any atom is 0.253 e. The lowest BCUT2D eigenvalue weighted by Gasteiger charge is -2.36. The van der Waals surface area contributed by atoms with Crippen LogP contribution >= 0.6 is 11.3 Å². The summed E-state index contributed by atoms with van der Waals surface area (Å²) < 4.78 is 29.9. The minimum atomic E-state index is -3.50. The molecule has 0 saturated carbocycles. The Balaban J connectivity index is 1.38. The normalized spacial score (nSPS) is 19.1. The number of hydrogen-bond acceptors (Lipinski definition) is 9. The van der Waals surface area contributed by atoms with Crippen LogP contribution in [-0.4, -0.2) is 71.8 Å². The molecule has 1 fully saturated rings. The van der Waals surface area contributed by atoms with Crippen molar-refractivity contribution in [3.05, 3.63) is 47.6 Å². The molecule has 3 atom stereocenters. The standard InChI is InChI=1S/C23H28N6O5S2/c1-14-10-28(11-15(2)34-14)20-7-5-6-18(25-20)19-13-35-23(26-19)27-21(30)16(3)24-22(31)17-8-9-29(12-17)36(4,32)33/h5-9,12-16H,10-11H2,1-4H3,(H,24,31)(H,26,27,30)/t14?,15?,16-/m0/s1. The van der Waals surface area contributed by atoms with E-state index in [2.05, 4.69) is 20.5 Å². The van der Waals surface area contributed by atoms with E-state index in [4.69, 9.17) is 9.72 Å². The number of hydrogen-bond donors (Lipinski definition) is 2. The van der Waals surface area contributed by atoms with Gasteiger partial charge in [-0.2, -0.15) is 0 Å². The monoisotopic (exact) mass is 532 g/mol. The Morgan fingerprint density at radius 2 is 1.86 bits per heavy atom. The van der Waals surface area contributed by atoms with Crippen molar-refractivity contribution in [2.24, 2.45) is 0 Å². The molecule has 2 amide bonds. The van der Waals surface area contributed by atoms with E-state index in [0.29, 0.717) is 16.5 Å². The third kappa shape index (κ3) is 6.09. The van der Waals surface area contributed by atoms with Gasteiger partial charge in [0.25, 0.3) is 5.91 Å². The summed E-state index contributed by atoms with van der Waals surface area (Å²) in [6, 6.07) is 6.24. The van der Waals surface area contributed by atoms with Crippen molar-refractivity contribution < 1.29 is 22.7 Å². The molecule has 0 bridgehead atoms. The van der Waals surface area contributed by atoms with Crippen molar-refractivity contribution in [2.75, 3.05) is 29.6 Å². The van der Waals surface area contributed by atoms with Gasteiger partial charge in [-0.05, 0) is 39.0 Å². The Morgan fingerprint density at radius 1 is 1.14 bits per heavy atom. The number of carbonyl (C=O) groups excluding carboxylic acids is 2. The van der Waals surface area contributed by atoms with Gasteiger partial charge in [-0.1, -0.05) is 6.07 Å². The first-order valence-electron chi connectivity index (χ1n) is 11.3. The molecule has 13 heteroatoms. The van der Waals surface area contributed by atoms with Crippen LogP contribution < -0.4 is 15.5 Å². The molecule has 4 heterocycles. The Kier molecular flexibility index (Phi) is 7.43. The number of anilines is 2. The van der Waals surface area contributed by atoms with Crippen LogP contribution in [0.25, 0.3) is 11.4 Å². The summed E-state index contributed by atoms with van der Waals surface area (Å²) in [4.78, 5) is 36.5. The molecule has 3 aromatic rings. The molecular formula is C23H28N6O5S2. The molecule has 3 aromatic heterocycles. The van der Waals surface area contributed by atoms with Crippen molar-refractivity contribution in [1.82, 2.24) is 19.3 Å². The van der Waals surface area contributed by atoms with Gasteiger partial charge < -0.3 is 20.3 Å². The van der Waals surface area contributed by atoms with Gasteiger partial charge in [-0.15, -0.1) is 11.3 Å². The summed E-state index contributed by atoms with van der Waals surface area (Å²) in [6.07, 6.45) is 3.73. The first kappa shape index (κ1) is 25.8. The van der Waals surface area contributed by atoms with Crippen LogP contribution in [0.15, 0.2) is 42.0 Å². The molecule has 4 rings (SSSR count). The summed E-state index contributed by atoms with van der Waals surface area (Å²) >= 11 is 1.25. The third-order valence-electron chi connectivity index (χ3n) is 5.53. The number of carbonyl (C=O) groups is 2. The van der Waals surface area contributed by atoms with Gasteiger partial charge in [0, 0.05) is 30.9 Å². The molecule has 1 aliphatic rings. The Morgan fingerprint density at radius 3 is 2.53 bits per heavy atom. The Bertz CT molecular complexity index is 1360. The van der Waals surface area contributed by atoms with E-state index in [1.807, 2.05) is 37.4 Å². The Labute approximate surface area is 213 Å². The highest BCUT2D eigenvalue weighted by atomic mass is 32.2. The summed E-state index contributed by atoms with van der Waals surface area (Å²) in [7, 11) is -3.50. The number of nitrogens with one attached hydrogen (secondary N) is 2. The number of aromatic nitrogens is 3. The smallest absolute Gasteiger partial charge is 0.253 e. The van der Waals surface area contributed by atoms with Crippen LogP contribution in [0, 0.1) is 0 Å². The minimum Gasteiger partial charge on any atom is -0.372 e. The number of nitrogens with zero attached hydrogens (tertiary/aromatic N) is 4. The summed E-state index contributed by atoms with van der Waals surface area (Å²) in [5.74, 6) is -0.174. The van der Waals surface area contributed by atoms with Gasteiger partial charge in [0.2, 0.25) is 15.9 Å². The highest BCUT2D eigenvalue weighted by Crippen LogP contribution is 2.26. The van der Waals surface area contributed by atoms with Crippen LogP contribution in [0.1, 0.15) is 31.1 Å². The molecule has 36 heavy (non-hydrogen) atoms. The zero-order valence-corrected chi connectivity index (χ0v) is 22.0. The molecule has 2 N–H and O–H groups in total. The largest absolute Gasteiger partial charge is 0.372 e. The summed E-state index contributed by atoms with van der Waals surface area (Å²) in [5, 5.41) is 7.45.